The van der Waals surface area contributed by atoms with E-state index in [4.69, 9.17) is 0 Å². The standard InChI is InChI=1S/C13H8BrF4NO/c14-11-2-1-8(13(16,17)18)4-10(11)12(20)7-3-9(15)6-19-5-7/h1-6,12,20H. The van der Waals surface area contributed by atoms with Crippen LogP contribution in [0.15, 0.2) is 41.1 Å². The zero-order valence-corrected chi connectivity index (χ0v) is 11.4. The van der Waals surface area contributed by atoms with E-state index in [1.807, 2.05) is 0 Å². The van der Waals surface area contributed by atoms with Crippen LogP contribution in [0.4, 0.5) is 17.6 Å². The Balaban J connectivity index is 2.46. The van der Waals surface area contributed by atoms with Gasteiger partial charge in [0.15, 0.2) is 0 Å². The van der Waals surface area contributed by atoms with E-state index in [-0.39, 0.29) is 11.1 Å². The third-order valence-corrected chi connectivity index (χ3v) is 3.38. The number of benzene rings is 1. The first-order valence-electron chi connectivity index (χ1n) is 5.44. The summed E-state index contributed by atoms with van der Waals surface area (Å²) in [6, 6.07) is 3.92. The third kappa shape index (κ3) is 3.16. The molecule has 2 rings (SSSR count). The molecule has 2 nitrogen and oxygen atoms in total. The van der Waals surface area contributed by atoms with Crippen molar-refractivity contribution >= 4 is 15.9 Å². The maximum Gasteiger partial charge on any atom is 0.416 e. The number of nitrogens with zero attached hydrogens (tertiary/aromatic N) is 1. The fraction of sp³-hybridized carbons (Fsp3) is 0.154. The fourth-order valence-corrected chi connectivity index (χ4v) is 2.15. The van der Waals surface area contributed by atoms with Gasteiger partial charge in [0.25, 0.3) is 0 Å². The smallest absolute Gasteiger partial charge is 0.384 e. The van der Waals surface area contributed by atoms with Crippen LogP contribution in [-0.4, -0.2) is 10.1 Å². The molecule has 1 heterocycles. The lowest BCUT2D eigenvalue weighted by molar-refractivity contribution is -0.137. The molecule has 0 fully saturated rings. The molecule has 106 valence electrons. The molecule has 1 atom stereocenters. The van der Waals surface area contributed by atoms with Gasteiger partial charge in [0.05, 0.1) is 11.8 Å². The number of hydrogen-bond donors (Lipinski definition) is 1. The Labute approximate surface area is 120 Å². The van der Waals surface area contributed by atoms with Crippen LogP contribution in [0.3, 0.4) is 0 Å². The van der Waals surface area contributed by atoms with Crippen LogP contribution in [0.5, 0.6) is 0 Å². The number of pyridine rings is 1. The zero-order valence-electron chi connectivity index (χ0n) is 9.83. The first-order valence-corrected chi connectivity index (χ1v) is 6.23. The molecule has 0 aliphatic rings. The van der Waals surface area contributed by atoms with Crippen molar-refractivity contribution in [2.24, 2.45) is 0 Å². The van der Waals surface area contributed by atoms with Crippen LogP contribution >= 0.6 is 15.9 Å². The van der Waals surface area contributed by atoms with Crippen LogP contribution in [0.25, 0.3) is 0 Å². The molecule has 0 amide bonds. The fourth-order valence-electron chi connectivity index (χ4n) is 1.69. The van der Waals surface area contributed by atoms with Gasteiger partial charge in [-0.25, -0.2) is 4.39 Å². The highest BCUT2D eigenvalue weighted by Gasteiger charge is 2.31. The lowest BCUT2D eigenvalue weighted by atomic mass is 10.0. The Morgan fingerprint density at radius 3 is 2.45 bits per heavy atom. The van der Waals surface area contributed by atoms with Gasteiger partial charge in [-0.2, -0.15) is 13.2 Å². The van der Waals surface area contributed by atoms with Gasteiger partial charge < -0.3 is 5.11 Å². The molecule has 1 aromatic heterocycles. The highest BCUT2D eigenvalue weighted by atomic mass is 79.9. The highest BCUT2D eigenvalue weighted by molar-refractivity contribution is 9.10. The Bertz CT molecular complexity index is 630. The summed E-state index contributed by atoms with van der Waals surface area (Å²) in [7, 11) is 0. The van der Waals surface area contributed by atoms with Gasteiger partial charge in [-0.05, 0) is 29.8 Å². The number of hydrogen-bond acceptors (Lipinski definition) is 2. The van der Waals surface area contributed by atoms with E-state index in [2.05, 4.69) is 20.9 Å². The average Bonchev–Trinajstić information content (AvgIpc) is 2.37. The molecular formula is C13H8BrF4NO. The summed E-state index contributed by atoms with van der Waals surface area (Å²) in [6.07, 6.45) is -3.79. The summed E-state index contributed by atoms with van der Waals surface area (Å²) in [6.45, 7) is 0. The monoisotopic (exact) mass is 349 g/mol. The van der Waals surface area contributed by atoms with Gasteiger partial charge in [0.2, 0.25) is 0 Å². The van der Waals surface area contributed by atoms with Gasteiger partial charge in [-0.3, -0.25) is 4.98 Å². The van der Waals surface area contributed by atoms with Crippen molar-refractivity contribution in [2.75, 3.05) is 0 Å². The second-order valence-corrected chi connectivity index (χ2v) is 4.93. The Morgan fingerprint density at radius 1 is 1.15 bits per heavy atom. The van der Waals surface area contributed by atoms with Gasteiger partial charge in [-0.15, -0.1) is 0 Å². The number of aliphatic hydroxyl groups is 1. The number of rotatable bonds is 2. The van der Waals surface area contributed by atoms with Crippen molar-refractivity contribution in [3.05, 3.63) is 63.6 Å². The van der Waals surface area contributed by atoms with E-state index in [1.165, 1.54) is 12.3 Å². The van der Waals surface area contributed by atoms with Crippen LogP contribution in [0.2, 0.25) is 0 Å². The number of aromatic nitrogens is 1. The molecule has 0 spiro atoms. The molecule has 1 unspecified atom stereocenters. The topological polar surface area (TPSA) is 33.1 Å². The molecule has 0 bridgehead atoms. The minimum Gasteiger partial charge on any atom is -0.384 e. The Kier molecular flexibility index (Phi) is 4.10. The first-order chi connectivity index (χ1) is 9.29. The van der Waals surface area contributed by atoms with Crippen molar-refractivity contribution in [1.82, 2.24) is 4.98 Å². The van der Waals surface area contributed by atoms with E-state index < -0.39 is 23.7 Å². The molecule has 0 aliphatic heterocycles. The zero-order chi connectivity index (χ0) is 14.9. The second kappa shape index (κ2) is 5.49. The normalized spacial score (nSPS) is 13.3. The van der Waals surface area contributed by atoms with Crippen molar-refractivity contribution in [2.45, 2.75) is 12.3 Å². The Morgan fingerprint density at radius 2 is 1.85 bits per heavy atom. The maximum atomic E-state index is 13.0. The van der Waals surface area contributed by atoms with Crippen molar-refractivity contribution < 1.29 is 22.7 Å². The molecule has 20 heavy (non-hydrogen) atoms. The number of aliphatic hydroxyl groups excluding tert-OH is 1. The molecule has 7 heteroatoms. The summed E-state index contributed by atoms with van der Waals surface area (Å²) in [5.41, 5.74) is -0.823. The lowest BCUT2D eigenvalue weighted by Gasteiger charge is -2.15. The molecular weight excluding hydrogens is 342 g/mol. The van der Waals surface area contributed by atoms with Crippen LogP contribution in [-0.2, 0) is 6.18 Å². The minimum atomic E-state index is -4.52. The van der Waals surface area contributed by atoms with Crippen LogP contribution in [0.1, 0.15) is 22.8 Å². The van der Waals surface area contributed by atoms with Gasteiger partial charge in [0.1, 0.15) is 11.9 Å². The van der Waals surface area contributed by atoms with E-state index in [0.29, 0.717) is 4.47 Å². The van der Waals surface area contributed by atoms with Crippen molar-refractivity contribution in [3.63, 3.8) is 0 Å². The molecule has 1 aromatic carbocycles. The van der Waals surface area contributed by atoms with E-state index in [1.54, 1.807) is 0 Å². The van der Waals surface area contributed by atoms with Gasteiger partial charge in [0, 0.05) is 16.2 Å². The molecule has 0 saturated heterocycles. The summed E-state index contributed by atoms with van der Waals surface area (Å²) in [5, 5.41) is 10.1. The minimum absolute atomic E-state index is 0.00720. The first kappa shape index (κ1) is 14.9. The number of halogens is 5. The predicted octanol–water partition coefficient (Wildman–Crippen LogP) is 4.08. The summed E-state index contributed by atoms with van der Waals surface area (Å²) in [5.74, 6) is -0.676. The molecule has 0 aliphatic carbocycles. The maximum absolute atomic E-state index is 13.0. The number of alkyl halides is 3. The SMILES string of the molecule is OC(c1cncc(F)c1)c1cc(C(F)(F)F)ccc1Br. The summed E-state index contributed by atoms with van der Waals surface area (Å²) in [4.78, 5) is 3.56. The van der Waals surface area contributed by atoms with Crippen molar-refractivity contribution in [1.29, 1.82) is 0 Å². The van der Waals surface area contributed by atoms with Gasteiger partial charge in [-0.1, -0.05) is 15.9 Å². The van der Waals surface area contributed by atoms with Gasteiger partial charge >= 0.3 is 6.18 Å². The van der Waals surface area contributed by atoms with Crippen molar-refractivity contribution in [3.8, 4) is 0 Å². The van der Waals surface area contributed by atoms with E-state index in [0.717, 1.165) is 24.4 Å². The molecule has 2 aromatic rings. The third-order valence-electron chi connectivity index (χ3n) is 2.66. The van der Waals surface area contributed by atoms with Crippen LogP contribution < -0.4 is 0 Å². The Hall–Kier alpha value is -1.47. The molecule has 0 radical (unpaired) electrons. The summed E-state index contributed by atoms with van der Waals surface area (Å²) < 4.78 is 51.3. The van der Waals surface area contributed by atoms with E-state index >= 15 is 0 Å². The highest BCUT2D eigenvalue weighted by Crippen LogP contribution is 2.35. The second-order valence-electron chi connectivity index (χ2n) is 4.07. The quantitative estimate of drug-likeness (QED) is 0.828. The largest absolute Gasteiger partial charge is 0.416 e. The lowest BCUT2D eigenvalue weighted by Crippen LogP contribution is -2.08. The van der Waals surface area contributed by atoms with Crippen LogP contribution in [0, 0.1) is 5.82 Å². The average molecular weight is 350 g/mol. The molecule has 0 saturated carbocycles. The summed E-state index contributed by atoms with van der Waals surface area (Å²) >= 11 is 3.07. The predicted molar refractivity (Wildman–Crippen MR) is 67.4 cm³/mol. The molecule has 1 N–H and O–H groups in total. The van der Waals surface area contributed by atoms with E-state index in [9.17, 15) is 22.7 Å².